The maximum Gasteiger partial charge on any atom is 0.405 e. The molecule has 0 aliphatic carbocycles. The molecule has 0 aliphatic heterocycles. The second-order valence-electron chi connectivity index (χ2n) is 3.71. The van der Waals surface area contributed by atoms with Crippen molar-refractivity contribution < 1.29 is 18.1 Å². The van der Waals surface area contributed by atoms with Gasteiger partial charge in [0.1, 0.15) is 18.2 Å². The fourth-order valence-corrected chi connectivity index (χ4v) is 1.47. The Hall–Kier alpha value is -2.06. The van der Waals surface area contributed by atoms with E-state index in [-0.39, 0.29) is 23.9 Å². The maximum absolute atomic E-state index is 12.4. The lowest BCUT2D eigenvalue weighted by molar-refractivity contribution is -0.384. The van der Waals surface area contributed by atoms with Gasteiger partial charge in [0.15, 0.2) is 0 Å². The first kappa shape index (κ1) is 15.0. The van der Waals surface area contributed by atoms with Crippen LogP contribution in [0.4, 0.5) is 30.5 Å². The summed E-state index contributed by atoms with van der Waals surface area (Å²) in [5.41, 5.74) is -0.310. The Morgan fingerprint density at radius 2 is 2.11 bits per heavy atom. The second-order valence-corrected chi connectivity index (χ2v) is 3.71. The van der Waals surface area contributed by atoms with E-state index >= 15 is 0 Å². The van der Waals surface area contributed by atoms with Crippen LogP contribution in [0, 0.1) is 10.1 Å². The third-order valence-corrected chi connectivity index (χ3v) is 2.34. The molecule has 0 saturated carbocycles. The highest BCUT2D eigenvalue weighted by Gasteiger charge is 2.31. The number of nitro groups is 1. The number of halogens is 3. The topological polar surface area (TPSA) is 71.3 Å². The average Bonchev–Trinajstić information content (AvgIpc) is 2.34. The van der Waals surface area contributed by atoms with E-state index in [0.29, 0.717) is 0 Å². The van der Waals surface area contributed by atoms with Crippen molar-refractivity contribution >= 4 is 17.3 Å². The molecule has 0 unspecified atom stereocenters. The van der Waals surface area contributed by atoms with E-state index in [1.165, 1.54) is 14.0 Å². The number of aromatic nitrogens is 1. The van der Waals surface area contributed by atoms with Crippen LogP contribution in [-0.2, 0) is 0 Å². The van der Waals surface area contributed by atoms with E-state index in [0.717, 1.165) is 17.0 Å². The number of alkyl halides is 3. The summed E-state index contributed by atoms with van der Waals surface area (Å²) < 4.78 is 37.2. The largest absolute Gasteiger partial charge is 0.405 e. The van der Waals surface area contributed by atoms with Crippen LogP contribution in [-0.4, -0.2) is 36.2 Å². The lowest BCUT2D eigenvalue weighted by atomic mass is 10.3. The van der Waals surface area contributed by atoms with E-state index in [9.17, 15) is 23.3 Å². The normalized spacial score (nSPS) is 11.2. The summed E-state index contributed by atoms with van der Waals surface area (Å²) in [6.45, 7) is 0.350. The quantitative estimate of drug-likeness (QED) is 0.661. The van der Waals surface area contributed by atoms with Crippen LogP contribution in [0.15, 0.2) is 12.1 Å². The summed E-state index contributed by atoms with van der Waals surface area (Å²) in [6.07, 6.45) is -4.40. The second kappa shape index (κ2) is 5.72. The molecule has 0 atom stereocenters. The van der Waals surface area contributed by atoms with Gasteiger partial charge in [-0.15, -0.1) is 0 Å². The Labute approximate surface area is 107 Å². The molecule has 0 radical (unpaired) electrons. The van der Waals surface area contributed by atoms with E-state index in [2.05, 4.69) is 10.3 Å². The highest BCUT2D eigenvalue weighted by molar-refractivity contribution is 5.55. The van der Waals surface area contributed by atoms with Crippen molar-refractivity contribution in [2.75, 3.05) is 30.4 Å². The third kappa shape index (κ3) is 4.27. The molecule has 1 rings (SSSR count). The molecule has 1 heterocycles. The summed E-state index contributed by atoms with van der Waals surface area (Å²) >= 11 is 0. The Balaban J connectivity index is 3.15. The van der Waals surface area contributed by atoms with Crippen LogP contribution in [0.1, 0.15) is 6.92 Å². The van der Waals surface area contributed by atoms with Gasteiger partial charge >= 0.3 is 6.18 Å². The number of anilines is 2. The van der Waals surface area contributed by atoms with Crippen molar-refractivity contribution in [1.29, 1.82) is 0 Å². The van der Waals surface area contributed by atoms with Gasteiger partial charge in [-0.25, -0.2) is 4.98 Å². The van der Waals surface area contributed by atoms with Crippen molar-refractivity contribution in [2.24, 2.45) is 0 Å². The van der Waals surface area contributed by atoms with Gasteiger partial charge in [-0.05, 0) is 6.92 Å². The van der Waals surface area contributed by atoms with Crippen LogP contribution in [0.2, 0.25) is 0 Å². The minimum absolute atomic E-state index is 0.0385. The lowest BCUT2D eigenvalue weighted by Gasteiger charge is -2.23. The molecule has 1 aromatic heterocycles. The zero-order chi connectivity index (χ0) is 14.6. The van der Waals surface area contributed by atoms with Crippen molar-refractivity contribution in [3.8, 4) is 0 Å². The minimum Gasteiger partial charge on any atom is -0.373 e. The molecule has 1 N–H and O–H groups in total. The molecule has 9 heteroatoms. The number of hydrogen-bond acceptors (Lipinski definition) is 5. The fraction of sp³-hybridized carbons (Fsp3) is 0.500. The first-order valence-corrected chi connectivity index (χ1v) is 5.42. The number of pyridine rings is 1. The summed E-state index contributed by atoms with van der Waals surface area (Å²) in [5, 5.41) is 13.3. The molecule has 106 valence electrons. The van der Waals surface area contributed by atoms with Crippen molar-refractivity contribution in [1.82, 2.24) is 4.98 Å². The van der Waals surface area contributed by atoms with Crippen LogP contribution < -0.4 is 10.2 Å². The van der Waals surface area contributed by atoms with Gasteiger partial charge in [0.05, 0.1) is 17.1 Å². The maximum atomic E-state index is 12.4. The van der Waals surface area contributed by atoms with Crippen LogP contribution in [0.5, 0.6) is 0 Å². The Morgan fingerprint density at radius 3 is 2.53 bits per heavy atom. The number of rotatable bonds is 5. The summed E-state index contributed by atoms with van der Waals surface area (Å²) in [7, 11) is 1.48. The van der Waals surface area contributed by atoms with Crippen molar-refractivity contribution in [2.45, 2.75) is 13.1 Å². The first-order chi connectivity index (χ1) is 8.76. The molecule has 0 fully saturated rings. The molecular formula is C10H13F3N4O2. The zero-order valence-corrected chi connectivity index (χ0v) is 10.4. The Morgan fingerprint density at radius 1 is 1.47 bits per heavy atom. The van der Waals surface area contributed by atoms with E-state index in [1.54, 1.807) is 0 Å². The fourth-order valence-electron chi connectivity index (χ4n) is 1.47. The molecule has 0 amide bonds. The van der Waals surface area contributed by atoms with Crippen molar-refractivity contribution in [3.63, 3.8) is 0 Å². The predicted octanol–water partition coefficient (Wildman–Crippen LogP) is 2.42. The van der Waals surface area contributed by atoms with Crippen LogP contribution in [0.3, 0.4) is 0 Å². The van der Waals surface area contributed by atoms with Gasteiger partial charge in [-0.1, -0.05) is 0 Å². The summed E-state index contributed by atoms with van der Waals surface area (Å²) in [4.78, 5) is 14.9. The standard InChI is InChI=1S/C10H13F3N4O2/c1-3-16(6-10(11,12)13)9-5-7(17(18)19)4-8(14-2)15-9/h4-5H,3,6H2,1-2H3,(H,14,15). The van der Waals surface area contributed by atoms with E-state index < -0.39 is 17.6 Å². The lowest BCUT2D eigenvalue weighted by Crippen LogP contribution is -2.34. The predicted molar refractivity (Wildman–Crippen MR) is 64.4 cm³/mol. The number of nitrogens with zero attached hydrogens (tertiary/aromatic N) is 3. The highest BCUT2D eigenvalue weighted by Crippen LogP contribution is 2.26. The third-order valence-electron chi connectivity index (χ3n) is 2.34. The van der Waals surface area contributed by atoms with Crippen LogP contribution in [0.25, 0.3) is 0 Å². The van der Waals surface area contributed by atoms with Gasteiger partial charge in [-0.3, -0.25) is 10.1 Å². The van der Waals surface area contributed by atoms with Gasteiger partial charge in [0, 0.05) is 13.6 Å². The van der Waals surface area contributed by atoms with Gasteiger partial charge in [-0.2, -0.15) is 13.2 Å². The molecule has 1 aromatic rings. The number of nitrogens with one attached hydrogen (secondary N) is 1. The summed E-state index contributed by atoms with van der Waals surface area (Å²) in [5.74, 6) is 0.0585. The van der Waals surface area contributed by atoms with E-state index in [1.807, 2.05) is 0 Å². The van der Waals surface area contributed by atoms with Crippen LogP contribution >= 0.6 is 0 Å². The van der Waals surface area contributed by atoms with Gasteiger partial charge < -0.3 is 10.2 Å². The van der Waals surface area contributed by atoms with Crippen molar-refractivity contribution in [3.05, 3.63) is 22.2 Å². The molecule has 6 nitrogen and oxygen atoms in total. The molecular weight excluding hydrogens is 265 g/mol. The first-order valence-electron chi connectivity index (χ1n) is 5.42. The molecule has 0 saturated heterocycles. The monoisotopic (exact) mass is 278 g/mol. The Kier molecular flexibility index (Phi) is 4.52. The summed E-state index contributed by atoms with van der Waals surface area (Å²) in [6, 6.07) is 2.18. The smallest absolute Gasteiger partial charge is 0.373 e. The van der Waals surface area contributed by atoms with E-state index in [4.69, 9.17) is 0 Å². The molecule has 19 heavy (non-hydrogen) atoms. The SMILES string of the molecule is CCN(CC(F)(F)F)c1cc([N+](=O)[O-])cc(NC)n1. The van der Waals surface area contributed by atoms with Gasteiger partial charge in [0.2, 0.25) is 0 Å². The molecule has 0 aromatic carbocycles. The Bertz CT molecular complexity index is 465. The molecule has 0 spiro atoms. The molecule has 0 bridgehead atoms. The zero-order valence-electron chi connectivity index (χ0n) is 10.4. The average molecular weight is 278 g/mol. The highest BCUT2D eigenvalue weighted by atomic mass is 19.4. The van der Waals surface area contributed by atoms with Gasteiger partial charge in [0.25, 0.3) is 5.69 Å². The molecule has 0 aliphatic rings. The number of hydrogen-bond donors (Lipinski definition) is 1. The minimum atomic E-state index is -4.40.